The van der Waals surface area contributed by atoms with Crippen LogP contribution in [-0.4, -0.2) is 13.2 Å². The third-order valence-electron chi connectivity index (χ3n) is 1.51. The maximum absolute atomic E-state index is 5.14. The molecular formula is C12H30O. The number of ether oxygens (including phenoxy) is 1. The van der Waals surface area contributed by atoms with Crippen molar-refractivity contribution in [2.75, 3.05) is 13.2 Å². The van der Waals surface area contributed by atoms with Gasteiger partial charge < -0.3 is 4.74 Å². The van der Waals surface area contributed by atoms with Gasteiger partial charge in [-0.05, 0) is 18.8 Å². The van der Waals surface area contributed by atoms with Gasteiger partial charge in [0.15, 0.2) is 0 Å². The Morgan fingerprint density at radius 3 is 1.23 bits per heavy atom. The molecule has 13 heavy (non-hydrogen) atoms. The van der Waals surface area contributed by atoms with Crippen LogP contribution in [0.15, 0.2) is 0 Å². The summed E-state index contributed by atoms with van der Waals surface area (Å²) in [6, 6.07) is 0. The van der Waals surface area contributed by atoms with E-state index in [0.29, 0.717) is 0 Å². The second-order valence-corrected chi connectivity index (χ2v) is 2.29. The molecule has 0 N–H and O–H groups in total. The first-order chi connectivity index (χ1) is 6.39. The van der Waals surface area contributed by atoms with E-state index in [-0.39, 0.29) is 0 Å². The standard InChI is InChI=1S/C6H12O.3C2H6/c1-6-2-4-7-5-3-6;3*1-2/h6H,2-5H2,1H3;3*1-2H3. The first-order valence-electron chi connectivity index (χ1n) is 5.97. The van der Waals surface area contributed by atoms with Crippen LogP contribution >= 0.6 is 0 Å². The van der Waals surface area contributed by atoms with E-state index in [2.05, 4.69) is 6.92 Å². The summed E-state index contributed by atoms with van der Waals surface area (Å²) in [5.41, 5.74) is 0. The van der Waals surface area contributed by atoms with Crippen LogP contribution in [-0.2, 0) is 4.74 Å². The third kappa shape index (κ3) is 18.7. The quantitative estimate of drug-likeness (QED) is 0.546. The van der Waals surface area contributed by atoms with Crippen LogP contribution in [0.3, 0.4) is 0 Å². The lowest BCUT2D eigenvalue weighted by Gasteiger charge is -2.16. The molecule has 1 aliphatic heterocycles. The van der Waals surface area contributed by atoms with E-state index in [1.54, 1.807) is 0 Å². The topological polar surface area (TPSA) is 9.23 Å². The normalized spacial score (nSPS) is 15.0. The smallest absolute Gasteiger partial charge is 0.0468 e. The van der Waals surface area contributed by atoms with Crippen LogP contribution in [0.1, 0.15) is 61.3 Å². The Morgan fingerprint density at radius 1 is 0.769 bits per heavy atom. The predicted octanol–water partition coefficient (Wildman–Crippen LogP) is 4.51. The van der Waals surface area contributed by atoms with Gasteiger partial charge in [0.05, 0.1) is 0 Å². The van der Waals surface area contributed by atoms with Crippen LogP contribution in [0.4, 0.5) is 0 Å². The Kier molecular flexibility index (Phi) is 32.6. The molecule has 0 bridgehead atoms. The molecule has 0 aromatic rings. The van der Waals surface area contributed by atoms with Gasteiger partial charge in [0.1, 0.15) is 0 Å². The first kappa shape index (κ1) is 18.7. The second kappa shape index (κ2) is 22.7. The Bertz CT molecular complexity index is 47.1. The fraction of sp³-hybridized carbons (Fsp3) is 1.00. The molecule has 1 aliphatic rings. The third-order valence-corrected chi connectivity index (χ3v) is 1.51. The van der Waals surface area contributed by atoms with Crippen molar-refractivity contribution in [3.05, 3.63) is 0 Å². The molecule has 0 unspecified atom stereocenters. The molecule has 1 nitrogen and oxygen atoms in total. The molecule has 1 saturated heterocycles. The van der Waals surface area contributed by atoms with Gasteiger partial charge in [-0.3, -0.25) is 0 Å². The average Bonchev–Trinajstić information content (AvgIpc) is 2.28. The molecule has 0 aromatic heterocycles. The maximum atomic E-state index is 5.14. The highest BCUT2D eigenvalue weighted by atomic mass is 16.5. The lowest BCUT2D eigenvalue weighted by Crippen LogP contribution is -2.12. The van der Waals surface area contributed by atoms with Gasteiger partial charge in [-0.2, -0.15) is 0 Å². The molecule has 0 spiro atoms. The average molecular weight is 190 g/mol. The summed E-state index contributed by atoms with van der Waals surface area (Å²) in [7, 11) is 0. The van der Waals surface area contributed by atoms with Crippen LogP contribution < -0.4 is 0 Å². The van der Waals surface area contributed by atoms with E-state index < -0.39 is 0 Å². The molecule has 0 atom stereocenters. The van der Waals surface area contributed by atoms with E-state index in [9.17, 15) is 0 Å². The van der Waals surface area contributed by atoms with Crippen molar-refractivity contribution in [3.63, 3.8) is 0 Å². The molecule has 1 heteroatoms. The molecule has 1 rings (SSSR count). The summed E-state index contributed by atoms with van der Waals surface area (Å²) < 4.78 is 5.14. The zero-order valence-electron chi connectivity index (χ0n) is 10.8. The summed E-state index contributed by atoms with van der Waals surface area (Å²) in [5, 5.41) is 0. The van der Waals surface area contributed by atoms with Gasteiger partial charge in [0.25, 0.3) is 0 Å². The van der Waals surface area contributed by atoms with E-state index in [4.69, 9.17) is 4.74 Å². The van der Waals surface area contributed by atoms with Gasteiger partial charge in [-0.25, -0.2) is 0 Å². The van der Waals surface area contributed by atoms with Crippen molar-refractivity contribution in [2.24, 2.45) is 5.92 Å². The van der Waals surface area contributed by atoms with E-state index >= 15 is 0 Å². The predicted molar refractivity (Wildman–Crippen MR) is 63.3 cm³/mol. The van der Waals surface area contributed by atoms with Crippen molar-refractivity contribution >= 4 is 0 Å². The molecule has 0 aliphatic carbocycles. The number of rotatable bonds is 0. The molecule has 0 aromatic carbocycles. The highest BCUT2D eigenvalue weighted by molar-refractivity contribution is 4.55. The Morgan fingerprint density at radius 2 is 1.08 bits per heavy atom. The number of hydrogen-bond acceptors (Lipinski definition) is 1. The van der Waals surface area contributed by atoms with Crippen LogP contribution in [0.25, 0.3) is 0 Å². The molecule has 84 valence electrons. The molecular weight excluding hydrogens is 160 g/mol. The second-order valence-electron chi connectivity index (χ2n) is 2.29. The van der Waals surface area contributed by atoms with Crippen molar-refractivity contribution in [1.29, 1.82) is 0 Å². The first-order valence-corrected chi connectivity index (χ1v) is 5.97. The molecule has 1 fully saturated rings. The zero-order valence-corrected chi connectivity index (χ0v) is 10.8. The van der Waals surface area contributed by atoms with Crippen molar-refractivity contribution in [3.8, 4) is 0 Å². The van der Waals surface area contributed by atoms with Crippen LogP contribution in [0, 0.1) is 5.92 Å². The minimum Gasteiger partial charge on any atom is -0.381 e. The summed E-state index contributed by atoms with van der Waals surface area (Å²) in [4.78, 5) is 0. The Labute approximate surface area is 85.9 Å². The summed E-state index contributed by atoms with van der Waals surface area (Å²) in [6.07, 6.45) is 2.53. The van der Waals surface area contributed by atoms with Crippen molar-refractivity contribution in [2.45, 2.75) is 61.3 Å². The monoisotopic (exact) mass is 190 g/mol. The number of hydrogen-bond donors (Lipinski definition) is 0. The van der Waals surface area contributed by atoms with Gasteiger partial charge in [-0.1, -0.05) is 48.5 Å². The summed E-state index contributed by atoms with van der Waals surface area (Å²) in [5.74, 6) is 0.911. The maximum Gasteiger partial charge on any atom is 0.0468 e. The minimum atomic E-state index is 0.911. The molecule has 0 saturated carbocycles. The highest BCUT2D eigenvalue weighted by Gasteiger charge is 2.06. The van der Waals surface area contributed by atoms with E-state index in [1.807, 2.05) is 41.5 Å². The molecule has 1 heterocycles. The van der Waals surface area contributed by atoms with Crippen LogP contribution in [0.2, 0.25) is 0 Å². The fourth-order valence-corrected chi connectivity index (χ4v) is 0.815. The zero-order chi connectivity index (χ0) is 11.1. The summed E-state index contributed by atoms with van der Waals surface area (Å²) in [6.45, 7) is 16.3. The lowest BCUT2D eigenvalue weighted by atomic mass is 10.0. The van der Waals surface area contributed by atoms with Gasteiger partial charge in [0, 0.05) is 13.2 Å². The van der Waals surface area contributed by atoms with Crippen molar-refractivity contribution in [1.82, 2.24) is 0 Å². The van der Waals surface area contributed by atoms with Gasteiger partial charge in [0.2, 0.25) is 0 Å². The fourth-order valence-electron chi connectivity index (χ4n) is 0.815. The van der Waals surface area contributed by atoms with Crippen molar-refractivity contribution < 1.29 is 4.74 Å². The van der Waals surface area contributed by atoms with E-state index in [1.165, 1.54) is 12.8 Å². The lowest BCUT2D eigenvalue weighted by molar-refractivity contribution is 0.0716. The summed E-state index contributed by atoms with van der Waals surface area (Å²) >= 11 is 0. The Balaban J connectivity index is -0.000000144. The molecule has 0 amide bonds. The highest BCUT2D eigenvalue weighted by Crippen LogP contribution is 2.11. The largest absolute Gasteiger partial charge is 0.381 e. The van der Waals surface area contributed by atoms with Gasteiger partial charge >= 0.3 is 0 Å². The van der Waals surface area contributed by atoms with E-state index in [0.717, 1.165) is 19.1 Å². The van der Waals surface area contributed by atoms with Gasteiger partial charge in [-0.15, -0.1) is 0 Å². The minimum absolute atomic E-state index is 0.911. The van der Waals surface area contributed by atoms with Crippen LogP contribution in [0.5, 0.6) is 0 Å². The SMILES string of the molecule is CC.CC.CC.CC1CCOCC1. The molecule has 0 radical (unpaired) electrons. The Hall–Kier alpha value is -0.0400.